The van der Waals surface area contributed by atoms with Crippen molar-refractivity contribution < 1.29 is 14.0 Å². The summed E-state index contributed by atoms with van der Waals surface area (Å²) in [4.78, 5) is 14.7. The minimum absolute atomic E-state index is 0.199. The number of carbonyl (C=O) groups is 1. The standard InChI is InChI=1S/C28H29Cl2N3O2/c1-33(17-15-32(16-18-33)26-5-3-4-6-27(26)35-2)20-22-7-11-23(12-8-22)31-28(34)14-10-21-9-13-24(29)25(30)19-21/h3-14,19H,15-18,20H2,1-2H3/p+1/b14-10+. The number of piperazine rings is 1. The number of hydrogen-bond donors (Lipinski definition) is 1. The van der Waals surface area contributed by atoms with E-state index in [0.29, 0.717) is 10.0 Å². The number of anilines is 2. The zero-order chi connectivity index (χ0) is 24.8. The Bertz CT molecular complexity index is 1200. The van der Waals surface area contributed by atoms with Gasteiger partial charge in [0.2, 0.25) is 5.91 Å². The molecule has 0 atom stereocenters. The molecular formula is C28H30Cl2N3O2+. The SMILES string of the molecule is COc1ccccc1N1CC[N+](C)(Cc2ccc(NC(=O)/C=C/c3ccc(Cl)c(Cl)c3)cc2)CC1. The van der Waals surface area contributed by atoms with Crippen molar-refractivity contribution in [3.8, 4) is 5.75 Å². The number of halogens is 2. The van der Waals surface area contributed by atoms with Gasteiger partial charge in [0.15, 0.2) is 0 Å². The number of rotatable bonds is 7. The summed E-state index contributed by atoms with van der Waals surface area (Å²) in [5.74, 6) is 0.725. The highest BCUT2D eigenvalue weighted by molar-refractivity contribution is 6.42. The Labute approximate surface area is 217 Å². The van der Waals surface area contributed by atoms with Crippen LogP contribution in [0.5, 0.6) is 5.75 Å². The zero-order valence-electron chi connectivity index (χ0n) is 20.0. The number of likely N-dealkylation sites (N-methyl/N-ethyl adjacent to an activating group) is 1. The summed E-state index contributed by atoms with van der Waals surface area (Å²) in [6, 6.07) is 21.5. The molecule has 1 aliphatic rings. The molecule has 7 heteroatoms. The molecule has 3 aromatic carbocycles. The van der Waals surface area contributed by atoms with Gasteiger partial charge in [-0.1, -0.05) is 53.5 Å². The number of quaternary nitrogens is 1. The second kappa shape index (κ2) is 11.2. The minimum Gasteiger partial charge on any atom is -0.495 e. The molecule has 1 heterocycles. The van der Waals surface area contributed by atoms with Crippen LogP contribution in [0.15, 0.2) is 72.8 Å². The highest BCUT2D eigenvalue weighted by Gasteiger charge is 2.30. The molecule has 3 aromatic rings. The van der Waals surface area contributed by atoms with Gasteiger partial charge in [0.05, 0.1) is 56.1 Å². The van der Waals surface area contributed by atoms with Crippen LogP contribution < -0.4 is 15.0 Å². The van der Waals surface area contributed by atoms with Crippen molar-refractivity contribution in [1.82, 2.24) is 0 Å². The van der Waals surface area contributed by atoms with E-state index >= 15 is 0 Å². The lowest BCUT2D eigenvalue weighted by Gasteiger charge is -2.43. The molecule has 4 rings (SSSR count). The Hall–Kier alpha value is -2.99. The minimum atomic E-state index is -0.199. The van der Waals surface area contributed by atoms with Crippen LogP contribution in [0.25, 0.3) is 6.08 Å². The first-order valence-corrected chi connectivity index (χ1v) is 12.4. The summed E-state index contributed by atoms with van der Waals surface area (Å²) in [5.41, 5.74) is 3.99. The van der Waals surface area contributed by atoms with Crippen molar-refractivity contribution in [3.05, 3.63) is 94.0 Å². The molecule has 1 N–H and O–H groups in total. The van der Waals surface area contributed by atoms with Crippen LogP contribution in [-0.2, 0) is 11.3 Å². The van der Waals surface area contributed by atoms with Crippen LogP contribution >= 0.6 is 23.2 Å². The van der Waals surface area contributed by atoms with E-state index in [1.165, 1.54) is 11.6 Å². The molecule has 0 saturated carbocycles. The molecule has 0 aromatic heterocycles. The second-order valence-electron chi connectivity index (χ2n) is 9.08. The Morgan fingerprint density at radius 1 is 1.03 bits per heavy atom. The van der Waals surface area contributed by atoms with Crippen LogP contribution in [0.3, 0.4) is 0 Å². The molecule has 0 radical (unpaired) electrons. The van der Waals surface area contributed by atoms with Crippen molar-refractivity contribution >= 4 is 46.6 Å². The first-order valence-electron chi connectivity index (χ1n) is 11.6. The normalized spacial score (nSPS) is 15.3. The predicted octanol–water partition coefficient (Wildman–Crippen LogP) is 6.12. The molecule has 1 aliphatic heterocycles. The lowest BCUT2D eigenvalue weighted by atomic mass is 10.1. The fourth-order valence-corrected chi connectivity index (χ4v) is 4.65. The monoisotopic (exact) mass is 510 g/mol. The van der Waals surface area contributed by atoms with Gasteiger partial charge in [0, 0.05) is 17.3 Å². The van der Waals surface area contributed by atoms with Crippen LogP contribution in [0, 0.1) is 0 Å². The maximum Gasteiger partial charge on any atom is 0.248 e. The third-order valence-corrected chi connectivity index (χ3v) is 7.14. The number of methoxy groups -OCH3 is 1. The molecule has 35 heavy (non-hydrogen) atoms. The van der Waals surface area contributed by atoms with Gasteiger partial charge in [-0.25, -0.2) is 0 Å². The third-order valence-electron chi connectivity index (χ3n) is 6.40. The van der Waals surface area contributed by atoms with E-state index in [1.54, 1.807) is 25.3 Å². The number of nitrogens with one attached hydrogen (secondary N) is 1. The Balaban J connectivity index is 1.30. The average molecular weight is 511 g/mol. The van der Waals surface area contributed by atoms with E-state index in [2.05, 4.69) is 41.5 Å². The summed E-state index contributed by atoms with van der Waals surface area (Å²) in [7, 11) is 4.03. The second-order valence-corrected chi connectivity index (χ2v) is 9.89. The topological polar surface area (TPSA) is 41.6 Å². The molecule has 0 aliphatic carbocycles. The van der Waals surface area contributed by atoms with Gasteiger partial charge < -0.3 is 19.4 Å². The summed E-state index contributed by atoms with van der Waals surface area (Å²) >= 11 is 12.0. The number of carbonyl (C=O) groups excluding carboxylic acids is 1. The fourth-order valence-electron chi connectivity index (χ4n) is 4.34. The number of para-hydroxylation sites is 2. The molecule has 1 amide bonds. The number of amides is 1. The summed E-state index contributed by atoms with van der Waals surface area (Å²) in [6.45, 7) is 5.02. The maximum absolute atomic E-state index is 12.3. The Morgan fingerprint density at radius 3 is 2.43 bits per heavy atom. The van der Waals surface area contributed by atoms with Crippen molar-refractivity contribution in [2.75, 3.05) is 50.6 Å². The summed E-state index contributed by atoms with van der Waals surface area (Å²) < 4.78 is 6.52. The van der Waals surface area contributed by atoms with Crippen LogP contribution in [0.2, 0.25) is 10.0 Å². The van der Waals surface area contributed by atoms with Crippen molar-refractivity contribution in [2.45, 2.75) is 6.54 Å². The quantitative estimate of drug-likeness (QED) is 0.307. The Kier molecular flexibility index (Phi) is 8.01. The fraction of sp³-hybridized carbons (Fsp3) is 0.250. The lowest BCUT2D eigenvalue weighted by Crippen LogP contribution is -2.56. The van der Waals surface area contributed by atoms with Crippen molar-refractivity contribution in [2.24, 2.45) is 0 Å². The number of ether oxygens (including phenoxy) is 1. The van der Waals surface area contributed by atoms with E-state index in [0.717, 1.165) is 59.9 Å². The van der Waals surface area contributed by atoms with Gasteiger partial charge in [-0.3, -0.25) is 4.79 Å². The van der Waals surface area contributed by atoms with Gasteiger partial charge in [-0.2, -0.15) is 0 Å². The smallest absolute Gasteiger partial charge is 0.248 e. The molecule has 5 nitrogen and oxygen atoms in total. The third kappa shape index (κ3) is 6.57. The van der Waals surface area contributed by atoms with Gasteiger partial charge >= 0.3 is 0 Å². The average Bonchev–Trinajstić information content (AvgIpc) is 2.86. The molecule has 1 saturated heterocycles. The van der Waals surface area contributed by atoms with Crippen LogP contribution in [-0.4, -0.2) is 50.7 Å². The maximum atomic E-state index is 12.3. The van der Waals surface area contributed by atoms with E-state index < -0.39 is 0 Å². The molecule has 0 bridgehead atoms. The van der Waals surface area contributed by atoms with Gasteiger partial charge in [0.1, 0.15) is 12.3 Å². The summed E-state index contributed by atoms with van der Waals surface area (Å²) in [5, 5.41) is 3.85. The number of hydrogen-bond acceptors (Lipinski definition) is 3. The first kappa shape index (κ1) is 25.1. The molecule has 0 spiro atoms. The van der Waals surface area contributed by atoms with E-state index in [1.807, 2.05) is 30.3 Å². The van der Waals surface area contributed by atoms with Gasteiger partial charge in [-0.05, 0) is 48.0 Å². The molecule has 0 unspecified atom stereocenters. The van der Waals surface area contributed by atoms with Crippen molar-refractivity contribution in [1.29, 1.82) is 0 Å². The highest BCUT2D eigenvalue weighted by atomic mass is 35.5. The molecule has 1 fully saturated rings. The van der Waals surface area contributed by atoms with Gasteiger partial charge in [0.25, 0.3) is 0 Å². The van der Waals surface area contributed by atoms with Crippen LogP contribution in [0.4, 0.5) is 11.4 Å². The predicted molar refractivity (Wildman–Crippen MR) is 145 cm³/mol. The number of nitrogens with zero attached hydrogens (tertiary/aromatic N) is 2. The first-order chi connectivity index (χ1) is 16.8. The van der Waals surface area contributed by atoms with E-state index in [9.17, 15) is 4.79 Å². The van der Waals surface area contributed by atoms with E-state index in [-0.39, 0.29) is 5.91 Å². The molecule has 182 valence electrons. The number of benzene rings is 3. The summed E-state index contributed by atoms with van der Waals surface area (Å²) in [6.07, 6.45) is 3.20. The largest absolute Gasteiger partial charge is 0.495 e. The lowest BCUT2D eigenvalue weighted by molar-refractivity contribution is -0.923. The van der Waals surface area contributed by atoms with Gasteiger partial charge in [-0.15, -0.1) is 0 Å². The Morgan fingerprint density at radius 2 is 1.74 bits per heavy atom. The van der Waals surface area contributed by atoms with Crippen molar-refractivity contribution in [3.63, 3.8) is 0 Å². The highest BCUT2D eigenvalue weighted by Crippen LogP contribution is 2.30. The van der Waals surface area contributed by atoms with E-state index in [4.69, 9.17) is 27.9 Å². The molecular weight excluding hydrogens is 481 g/mol. The van der Waals surface area contributed by atoms with Crippen LogP contribution in [0.1, 0.15) is 11.1 Å². The zero-order valence-corrected chi connectivity index (χ0v) is 21.5.